The molecular formula is C13H15NO4. The summed E-state index contributed by atoms with van der Waals surface area (Å²) in [4.78, 5) is 38.1. The molecule has 1 rings (SSSR count). The Hall–Kier alpha value is -2.17. The van der Waals surface area contributed by atoms with E-state index in [0.717, 1.165) is 5.56 Å². The van der Waals surface area contributed by atoms with Crippen molar-refractivity contribution in [1.82, 2.24) is 5.48 Å². The number of hydroxylamine groups is 1. The van der Waals surface area contributed by atoms with Crippen molar-refractivity contribution >= 4 is 17.7 Å². The summed E-state index contributed by atoms with van der Waals surface area (Å²) in [5, 5.41) is 0. The van der Waals surface area contributed by atoms with Crippen LogP contribution in [0.1, 0.15) is 35.7 Å². The van der Waals surface area contributed by atoms with E-state index in [-0.39, 0.29) is 18.6 Å². The molecule has 0 spiro atoms. The summed E-state index contributed by atoms with van der Waals surface area (Å²) >= 11 is 0. The molecule has 5 heteroatoms. The van der Waals surface area contributed by atoms with Gasteiger partial charge in [0.25, 0.3) is 5.91 Å². The highest BCUT2D eigenvalue weighted by Gasteiger charge is 2.11. The summed E-state index contributed by atoms with van der Waals surface area (Å²) in [6, 6.07) is 6.79. The normalized spacial score (nSPS) is 9.67. The second kappa shape index (κ2) is 6.54. The molecule has 1 amide bonds. The number of carbonyl (C=O) groups is 3. The molecule has 0 radical (unpaired) electrons. The van der Waals surface area contributed by atoms with E-state index in [1.54, 1.807) is 31.2 Å². The molecule has 0 bridgehead atoms. The standard InChI is InChI=1S/C13H15NO4/c1-3-11(15)8-12(16)18-14-13(17)10-6-4-9(2)5-7-10/h4-7H,3,8H2,1-2H3,(H,14,17). The fraction of sp³-hybridized carbons (Fsp3) is 0.308. The molecule has 0 aliphatic carbocycles. The Labute approximate surface area is 105 Å². The van der Waals surface area contributed by atoms with Crippen molar-refractivity contribution in [1.29, 1.82) is 0 Å². The maximum absolute atomic E-state index is 11.5. The number of Topliss-reactive ketones (excluding diaryl/α,β-unsaturated/α-hetero) is 1. The first-order chi connectivity index (χ1) is 8.52. The third-order valence-corrected chi connectivity index (χ3v) is 2.31. The third kappa shape index (κ3) is 4.37. The van der Waals surface area contributed by atoms with Crippen molar-refractivity contribution < 1.29 is 19.2 Å². The van der Waals surface area contributed by atoms with Gasteiger partial charge in [-0.25, -0.2) is 4.79 Å². The lowest BCUT2D eigenvalue weighted by atomic mass is 10.1. The zero-order valence-electron chi connectivity index (χ0n) is 10.4. The Balaban J connectivity index is 2.44. The predicted octanol–water partition coefficient (Wildman–Crippen LogP) is 1.55. The largest absolute Gasteiger partial charge is 0.340 e. The van der Waals surface area contributed by atoms with Gasteiger partial charge in [-0.15, -0.1) is 0 Å². The van der Waals surface area contributed by atoms with Gasteiger partial charge in [-0.2, -0.15) is 5.48 Å². The van der Waals surface area contributed by atoms with Gasteiger partial charge >= 0.3 is 5.97 Å². The molecule has 18 heavy (non-hydrogen) atoms. The number of nitrogens with one attached hydrogen (secondary N) is 1. The summed E-state index contributed by atoms with van der Waals surface area (Å²) in [6.45, 7) is 3.55. The Kier molecular flexibility index (Phi) is 5.05. The van der Waals surface area contributed by atoms with Crippen molar-refractivity contribution in [2.24, 2.45) is 0 Å². The van der Waals surface area contributed by atoms with Gasteiger partial charge in [0, 0.05) is 12.0 Å². The molecule has 0 saturated heterocycles. The van der Waals surface area contributed by atoms with Crippen LogP contribution in [-0.2, 0) is 14.4 Å². The van der Waals surface area contributed by atoms with Gasteiger partial charge in [-0.3, -0.25) is 9.59 Å². The van der Waals surface area contributed by atoms with Gasteiger partial charge in [0.2, 0.25) is 0 Å². The topological polar surface area (TPSA) is 72.5 Å². The molecule has 0 fully saturated rings. The lowest BCUT2D eigenvalue weighted by Crippen LogP contribution is -2.28. The number of hydrogen-bond donors (Lipinski definition) is 1. The molecule has 0 aliphatic rings. The molecule has 1 aromatic carbocycles. The van der Waals surface area contributed by atoms with Crippen molar-refractivity contribution in [3.8, 4) is 0 Å². The number of aryl methyl sites for hydroxylation is 1. The summed E-state index contributed by atoms with van der Waals surface area (Å²) in [7, 11) is 0. The minimum absolute atomic E-state index is 0.232. The van der Waals surface area contributed by atoms with Crippen molar-refractivity contribution in [3.05, 3.63) is 35.4 Å². The molecule has 1 aromatic rings. The Bertz CT molecular complexity index is 451. The molecule has 1 N–H and O–H groups in total. The van der Waals surface area contributed by atoms with Crippen LogP contribution in [0.15, 0.2) is 24.3 Å². The highest BCUT2D eigenvalue weighted by atomic mass is 16.7. The molecule has 0 aliphatic heterocycles. The van der Waals surface area contributed by atoms with Crippen LogP contribution in [0, 0.1) is 6.92 Å². The highest BCUT2D eigenvalue weighted by molar-refractivity contribution is 5.97. The summed E-state index contributed by atoms with van der Waals surface area (Å²) in [5.41, 5.74) is 3.42. The quantitative estimate of drug-likeness (QED) is 0.649. The monoisotopic (exact) mass is 249 g/mol. The molecule has 0 unspecified atom stereocenters. The van der Waals surface area contributed by atoms with Crippen LogP contribution in [0.4, 0.5) is 0 Å². The first kappa shape index (κ1) is 13.9. The molecule has 0 atom stereocenters. The number of ketones is 1. The first-order valence-electron chi connectivity index (χ1n) is 5.61. The Morgan fingerprint density at radius 1 is 1.17 bits per heavy atom. The van der Waals surface area contributed by atoms with Crippen LogP contribution in [0.5, 0.6) is 0 Å². The number of rotatable bonds is 4. The molecule has 96 valence electrons. The average molecular weight is 249 g/mol. The second-order valence-electron chi connectivity index (χ2n) is 3.84. The van der Waals surface area contributed by atoms with Crippen LogP contribution >= 0.6 is 0 Å². The molecule has 0 saturated carbocycles. The average Bonchev–Trinajstić information content (AvgIpc) is 2.36. The van der Waals surface area contributed by atoms with Crippen LogP contribution in [0.25, 0.3) is 0 Å². The van der Waals surface area contributed by atoms with E-state index in [1.165, 1.54) is 0 Å². The maximum atomic E-state index is 11.5. The maximum Gasteiger partial charge on any atom is 0.339 e. The number of amides is 1. The predicted molar refractivity (Wildman–Crippen MR) is 64.7 cm³/mol. The SMILES string of the molecule is CCC(=O)CC(=O)ONC(=O)c1ccc(C)cc1. The van der Waals surface area contributed by atoms with Gasteiger partial charge in [0.15, 0.2) is 0 Å². The van der Waals surface area contributed by atoms with E-state index < -0.39 is 11.9 Å². The summed E-state index contributed by atoms with van der Waals surface area (Å²) < 4.78 is 0. The minimum atomic E-state index is -0.762. The zero-order chi connectivity index (χ0) is 13.5. The van der Waals surface area contributed by atoms with E-state index in [4.69, 9.17) is 0 Å². The number of benzene rings is 1. The van der Waals surface area contributed by atoms with Crippen molar-refractivity contribution in [3.63, 3.8) is 0 Å². The van der Waals surface area contributed by atoms with Gasteiger partial charge < -0.3 is 4.84 Å². The molecule has 5 nitrogen and oxygen atoms in total. The lowest BCUT2D eigenvalue weighted by molar-refractivity contribution is -0.150. The molecular weight excluding hydrogens is 234 g/mol. The van der Waals surface area contributed by atoms with Crippen LogP contribution in [-0.4, -0.2) is 17.7 Å². The second-order valence-corrected chi connectivity index (χ2v) is 3.84. The third-order valence-electron chi connectivity index (χ3n) is 2.31. The van der Waals surface area contributed by atoms with E-state index in [2.05, 4.69) is 4.84 Å². The van der Waals surface area contributed by atoms with E-state index >= 15 is 0 Å². The van der Waals surface area contributed by atoms with Crippen LogP contribution in [0.3, 0.4) is 0 Å². The Morgan fingerprint density at radius 2 is 1.78 bits per heavy atom. The Morgan fingerprint density at radius 3 is 2.33 bits per heavy atom. The fourth-order valence-electron chi connectivity index (χ4n) is 1.19. The number of hydrogen-bond acceptors (Lipinski definition) is 4. The fourth-order valence-corrected chi connectivity index (χ4v) is 1.19. The van der Waals surface area contributed by atoms with Gasteiger partial charge in [0.1, 0.15) is 12.2 Å². The molecule has 0 heterocycles. The summed E-state index contributed by atoms with van der Waals surface area (Å²) in [6.07, 6.45) is -0.0638. The van der Waals surface area contributed by atoms with Gasteiger partial charge in [0.05, 0.1) is 0 Å². The van der Waals surface area contributed by atoms with E-state index in [9.17, 15) is 14.4 Å². The van der Waals surface area contributed by atoms with Crippen LogP contribution in [0.2, 0.25) is 0 Å². The number of carbonyl (C=O) groups excluding carboxylic acids is 3. The van der Waals surface area contributed by atoms with Crippen molar-refractivity contribution in [2.45, 2.75) is 26.7 Å². The summed E-state index contributed by atoms with van der Waals surface area (Å²) in [5.74, 6) is -1.51. The lowest BCUT2D eigenvalue weighted by Gasteiger charge is -2.05. The van der Waals surface area contributed by atoms with Crippen LogP contribution < -0.4 is 5.48 Å². The zero-order valence-corrected chi connectivity index (χ0v) is 10.4. The van der Waals surface area contributed by atoms with E-state index in [1.807, 2.05) is 12.4 Å². The van der Waals surface area contributed by atoms with Crippen molar-refractivity contribution in [2.75, 3.05) is 0 Å². The van der Waals surface area contributed by atoms with E-state index in [0.29, 0.717) is 5.56 Å². The smallest absolute Gasteiger partial charge is 0.339 e. The minimum Gasteiger partial charge on any atom is -0.340 e. The van der Waals surface area contributed by atoms with Gasteiger partial charge in [-0.1, -0.05) is 24.6 Å². The molecule has 0 aromatic heterocycles. The first-order valence-corrected chi connectivity index (χ1v) is 5.61. The van der Waals surface area contributed by atoms with Gasteiger partial charge in [-0.05, 0) is 19.1 Å². The highest BCUT2D eigenvalue weighted by Crippen LogP contribution is 2.02.